The Hall–Kier alpha value is -3.25. The molecule has 3 aromatic carbocycles. The number of benzene rings is 3. The molecule has 0 saturated carbocycles. The molecule has 0 amide bonds. The Morgan fingerprint density at radius 2 is 1.53 bits per heavy atom. The third-order valence-electron chi connectivity index (χ3n) is 5.79. The van der Waals surface area contributed by atoms with Gasteiger partial charge in [-0.25, -0.2) is 0 Å². The number of rotatable bonds is 6. The van der Waals surface area contributed by atoms with E-state index in [1.807, 2.05) is 0 Å². The fourth-order valence-corrected chi connectivity index (χ4v) is 4.53. The number of ketones is 1. The van der Waals surface area contributed by atoms with Gasteiger partial charge < -0.3 is 19.4 Å². The molecule has 188 valence electrons. The first-order valence-corrected chi connectivity index (χ1v) is 11.7. The van der Waals surface area contributed by atoms with Crippen molar-refractivity contribution in [1.82, 2.24) is 8.75 Å². The predicted octanol–water partition coefficient (Wildman–Crippen LogP) is 1.11. The van der Waals surface area contributed by atoms with Gasteiger partial charge in [0.05, 0.1) is 23.3 Å². The third-order valence-corrected chi connectivity index (χ3v) is 6.35. The van der Waals surface area contributed by atoms with E-state index in [2.05, 4.69) is 8.75 Å². The average molecular weight is 548 g/mol. The number of alkyl halides is 3. The summed E-state index contributed by atoms with van der Waals surface area (Å²) in [5, 5.41) is 12.4. The van der Waals surface area contributed by atoms with Gasteiger partial charge in [0.2, 0.25) is 0 Å². The molecule has 0 unspecified atom stereocenters. The Balaban J connectivity index is 0.00000336. The first-order chi connectivity index (χ1) is 17.7. The zero-order valence-electron chi connectivity index (χ0n) is 19.9. The van der Waals surface area contributed by atoms with Crippen LogP contribution in [0.5, 0.6) is 11.5 Å². The Morgan fingerprint density at radius 3 is 2.21 bits per heavy atom. The van der Waals surface area contributed by atoms with Gasteiger partial charge in [-0.3, -0.25) is 4.79 Å². The number of carbonyl (C=O) groups excluding carboxylic acids is 2. The second kappa shape index (κ2) is 11.2. The van der Waals surface area contributed by atoms with Gasteiger partial charge in [0.25, 0.3) is 0 Å². The van der Waals surface area contributed by atoms with Crippen LogP contribution in [0.1, 0.15) is 27.0 Å². The number of carboxylic acid groups (broad SMARTS) is 1. The van der Waals surface area contributed by atoms with Crippen molar-refractivity contribution >= 4 is 40.1 Å². The standard InChI is InChI=1S/C26H17F3N2O5S.Na/c27-26(28,29)17-5-1-14(2-6-17)11-18(24(32)16-4-8-21-22(13-16)36-10-9-35-21)23(25(33)34)15-3-7-19-20(12-15)31-37-30-19;/h1-8,12-13H,9-11H2,(H,33,34);/q;+1/p-1. The van der Waals surface area contributed by atoms with Crippen LogP contribution >= 0.6 is 11.7 Å². The zero-order chi connectivity index (χ0) is 26.2. The van der Waals surface area contributed by atoms with Gasteiger partial charge in [-0.1, -0.05) is 18.2 Å². The molecule has 38 heavy (non-hydrogen) atoms. The van der Waals surface area contributed by atoms with E-state index in [0.29, 0.717) is 34.7 Å². The maximum absolute atomic E-state index is 13.7. The van der Waals surface area contributed by atoms with Gasteiger partial charge in [-0.15, -0.1) is 0 Å². The van der Waals surface area contributed by atoms with Crippen LogP contribution in [0, 0.1) is 0 Å². The maximum atomic E-state index is 13.7. The number of carbonyl (C=O) groups is 2. The zero-order valence-corrected chi connectivity index (χ0v) is 22.7. The number of hydrogen-bond acceptors (Lipinski definition) is 8. The first kappa shape index (κ1) is 27.8. The minimum atomic E-state index is -4.54. The number of hydrogen-bond donors (Lipinski definition) is 0. The molecule has 2 heterocycles. The molecule has 1 aromatic heterocycles. The molecule has 0 saturated heterocycles. The van der Waals surface area contributed by atoms with Crippen LogP contribution in [-0.2, 0) is 17.4 Å². The second-order valence-electron chi connectivity index (χ2n) is 8.17. The van der Waals surface area contributed by atoms with Crippen molar-refractivity contribution in [3.05, 3.63) is 88.5 Å². The van der Waals surface area contributed by atoms with Crippen molar-refractivity contribution in [3.63, 3.8) is 0 Å². The predicted molar refractivity (Wildman–Crippen MR) is 126 cm³/mol. The van der Waals surface area contributed by atoms with Crippen LogP contribution in [0.15, 0.2) is 66.2 Å². The summed E-state index contributed by atoms with van der Waals surface area (Å²) in [4.78, 5) is 26.2. The van der Waals surface area contributed by atoms with E-state index in [4.69, 9.17) is 9.47 Å². The molecule has 1 aliphatic rings. The Bertz CT molecular complexity index is 1550. The van der Waals surface area contributed by atoms with Crippen molar-refractivity contribution in [2.45, 2.75) is 12.6 Å². The van der Waals surface area contributed by atoms with Crippen molar-refractivity contribution in [1.29, 1.82) is 0 Å². The summed E-state index contributed by atoms with van der Waals surface area (Å²) in [6.07, 6.45) is -4.80. The van der Waals surface area contributed by atoms with E-state index < -0.39 is 29.1 Å². The van der Waals surface area contributed by atoms with Crippen LogP contribution in [0.3, 0.4) is 0 Å². The molecule has 4 aromatic rings. The van der Waals surface area contributed by atoms with Crippen LogP contribution in [0.4, 0.5) is 13.2 Å². The molecule has 0 N–H and O–H groups in total. The van der Waals surface area contributed by atoms with Gasteiger partial charge in [-0.2, -0.15) is 21.9 Å². The molecule has 0 atom stereocenters. The van der Waals surface area contributed by atoms with E-state index in [9.17, 15) is 27.9 Å². The molecule has 0 aliphatic carbocycles. The van der Waals surface area contributed by atoms with Crippen molar-refractivity contribution in [2.24, 2.45) is 0 Å². The minimum Gasteiger partial charge on any atom is -0.545 e. The van der Waals surface area contributed by atoms with E-state index in [1.54, 1.807) is 12.1 Å². The number of halogens is 3. The van der Waals surface area contributed by atoms with Crippen LogP contribution < -0.4 is 44.1 Å². The molecule has 0 radical (unpaired) electrons. The number of nitrogens with zero attached hydrogens (tertiary/aromatic N) is 2. The van der Waals surface area contributed by atoms with Gasteiger partial charge in [-0.05, 0) is 53.6 Å². The summed E-state index contributed by atoms with van der Waals surface area (Å²) in [6.45, 7) is 0.632. The number of carboxylic acids is 1. The van der Waals surface area contributed by atoms with Crippen molar-refractivity contribution in [3.8, 4) is 11.5 Å². The Labute approximate surface area is 240 Å². The van der Waals surface area contributed by atoms with E-state index in [0.717, 1.165) is 23.9 Å². The fourth-order valence-electron chi connectivity index (χ4n) is 4.01. The summed E-state index contributed by atoms with van der Waals surface area (Å²) in [7, 11) is 0. The third kappa shape index (κ3) is 5.75. The quantitative estimate of drug-likeness (QED) is 0.202. The Morgan fingerprint density at radius 1 is 0.868 bits per heavy atom. The maximum Gasteiger partial charge on any atom is 1.00 e. The smallest absolute Gasteiger partial charge is 0.545 e. The number of aromatic nitrogens is 2. The van der Waals surface area contributed by atoms with Gasteiger partial charge in [0, 0.05) is 23.1 Å². The number of aliphatic carboxylic acids is 1. The minimum absolute atomic E-state index is 0. The van der Waals surface area contributed by atoms with E-state index in [1.165, 1.54) is 36.4 Å². The fraction of sp³-hybridized carbons (Fsp3) is 0.154. The molecule has 5 rings (SSSR count). The number of ether oxygens (including phenoxy) is 2. The molecular formula is C26H16F3N2NaO5S. The molecule has 0 bridgehead atoms. The second-order valence-corrected chi connectivity index (χ2v) is 8.70. The van der Waals surface area contributed by atoms with E-state index >= 15 is 0 Å². The Kier molecular flexibility index (Phi) is 8.22. The largest absolute Gasteiger partial charge is 1.00 e. The molecule has 12 heteroatoms. The van der Waals surface area contributed by atoms with Gasteiger partial charge in [0.1, 0.15) is 24.2 Å². The van der Waals surface area contributed by atoms with Crippen LogP contribution in [0.2, 0.25) is 0 Å². The number of Topliss-reactive ketones (excluding diaryl/α,β-unsaturated/α-hetero) is 1. The van der Waals surface area contributed by atoms with Crippen molar-refractivity contribution < 1.29 is 66.9 Å². The molecule has 0 fully saturated rings. The monoisotopic (exact) mass is 548 g/mol. The topological polar surface area (TPSA) is 101 Å². The molecule has 1 aliphatic heterocycles. The average Bonchev–Trinajstić information content (AvgIpc) is 3.35. The van der Waals surface area contributed by atoms with Gasteiger partial charge >= 0.3 is 35.7 Å². The number of allylic oxidation sites excluding steroid dienone is 1. The molecule has 0 spiro atoms. The van der Waals surface area contributed by atoms with Crippen LogP contribution in [-0.4, -0.2) is 33.7 Å². The summed E-state index contributed by atoms with van der Waals surface area (Å²) >= 11 is 0.949. The molecular weight excluding hydrogens is 532 g/mol. The van der Waals surface area contributed by atoms with E-state index in [-0.39, 0.29) is 59.3 Å². The van der Waals surface area contributed by atoms with Gasteiger partial charge in [0.15, 0.2) is 17.3 Å². The number of fused-ring (bicyclic) bond motifs is 2. The normalized spacial score (nSPS) is 13.4. The van der Waals surface area contributed by atoms with Crippen LogP contribution in [0.25, 0.3) is 16.6 Å². The SMILES string of the molecule is O=C([O-])C(=C(Cc1ccc(C(F)(F)F)cc1)C(=O)c1ccc2c(c1)OCCO2)c1ccc2nsnc2c1.[Na+]. The summed E-state index contributed by atoms with van der Waals surface area (Å²) < 4.78 is 58.4. The summed E-state index contributed by atoms with van der Waals surface area (Å²) in [5.74, 6) is -1.49. The van der Waals surface area contributed by atoms with Crippen molar-refractivity contribution in [2.75, 3.05) is 13.2 Å². The molecule has 7 nitrogen and oxygen atoms in total. The summed E-state index contributed by atoms with van der Waals surface area (Å²) in [6, 6.07) is 13.2. The first-order valence-electron chi connectivity index (χ1n) is 11.0. The summed E-state index contributed by atoms with van der Waals surface area (Å²) in [5.41, 5.74) is 0.157.